The van der Waals surface area contributed by atoms with Crippen molar-refractivity contribution in [3.63, 3.8) is 0 Å². The average molecular weight is 313 g/mol. The third-order valence-corrected chi connectivity index (χ3v) is 4.87. The van der Waals surface area contributed by atoms with Crippen molar-refractivity contribution < 1.29 is 4.74 Å². The van der Waals surface area contributed by atoms with E-state index in [2.05, 4.69) is 44.2 Å². The minimum absolute atomic E-state index is 0.271. The maximum Gasteiger partial charge on any atom is 0.0930 e. The van der Waals surface area contributed by atoms with Gasteiger partial charge in [-0.3, -0.25) is 4.90 Å². The van der Waals surface area contributed by atoms with Gasteiger partial charge in [0.15, 0.2) is 0 Å². The molecule has 6 heteroatoms. The number of ether oxygens (including phenoxy) is 1. The number of likely N-dealkylation sites (tertiary alicyclic amines) is 1. The van der Waals surface area contributed by atoms with Gasteiger partial charge in [0, 0.05) is 19.6 Å². The number of nitrogens with zero attached hydrogens (tertiary/aromatic N) is 4. The molecule has 3 heterocycles. The van der Waals surface area contributed by atoms with E-state index in [0.29, 0.717) is 13.2 Å². The molecule has 2 N–H and O–H groups in total. The number of fused-ring (bicyclic) bond motifs is 3. The van der Waals surface area contributed by atoms with Crippen LogP contribution in [-0.2, 0) is 24.3 Å². The van der Waals surface area contributed by atoms with Gasteiger partial charge in [0.25, 0.3) is 0 Å². The van der Waals surface area contributed by atoms with Gasteiger partial charge in [0.05, 0.1) is 30.6 Å². The molecule has 2 aliphatic heterocycles. The van der Waals surface area contributed by atoms with Crippen molar-refractivity contribution in [1.29, 1.82) is 0 Å². The van der Waals surface area contributed by atoms with Crippen molar-refractivity contribution >= 4 is 0 Å². The summed E-state index contributed by atoms with van der Waals surface area (Å²) in [4.78, 5) is 2.49. The monoisotopic (exact) mass is 313 g/mol. The number of hydrogen-bond acceptors (Lipinski definition) is 5. The van der Waals surface area contributed by atoms with Crippen LogP contribution in [0.4, 0.5) is 0 Å². The quantitative estimate of drug-likeness (QED) is 0.916. The zero-order chi connectivity index (χ0) is 15.6. The van der Waals surface area contributed by atoms with Crippen LogP contribution >= 0.6 is 0 Å². The number of benzene rings is 1. The highest BCUT2D eigenvalue weighted by molar-refractivity contribution is 5.23. The second-order valence-corrected chi connectivity index (χ2v) is 6.47. The SMILES string of the molecule is NCCc1ccc(CN2CC[C@@H]3OCc4cnnn4[C@@H]3C2)cc1. The molecule has 1 aromatic heterocycles. The topological polar surface area (TPSA) is 69.2 Å². The molecule has 1 aromatic carbocycles. The molecular formula is C17H23N5O. The van der Waals surface area contributed by atoms with Crippen LogP contribution in [0.3, 0.4) is 0 Å². The maximum absolute atomic E-state index is 5.97. The van der Waals surface area contributed by atoms with Crippen LogP contribution in [0.25, 0.3) is 0 Å². The number of aromatic nitrogens is 3. The van der Waals surface area contributed by atoms with Gasteiger partial charge in [-0.05, 0) is 30.5 Å². The summed E-state index contributed by atoms with van der Waals surface area (Å²) in [6, 6.07) is 9.10. The summed E-state index contributed by atoms with van der Waals surface area (Å²) in [6.07, 6.45) is 4.08. The van der Waals surface area contributed by atoms with Crippen LogP contribution in [0.1, 0.15) is 29.3 Å². The predicted molar refractivity (Wildman–Crippen MR) is 86.7 cm³/mol. The van der Waals surface area contributed by atoms with E-state index in [9.17, 15) is 0 Å². The highest BCUT2D eigenvalue weighted by atomic mass is 16.5. The van der Waals surface area contributed by atoms with E-state index >= 15 is 0 Å². The molecule has 0 aliphatic carbocycles. The molecule has 23 heavy (non-hydrogen) atoms. The zero-order valence-electron chi connectivity index (χ0n) is 13.3. The maximum atomic E-state index is 5.97. The Kier molecular flexibility index (Phi) is 4.11. The van der Waals surface area contributed by atoms with E-state index in [1.165, 1.54) is 11.1 Å². The Balaban J connectivity index is 1.43. The molecule has 0 saturated carbocycles. The van der Waals surface area contributed by atoms with Gasteiger partial charge < -0.3 is 10.5 Å². The number of rotatable bonds is 4. The predicted octanol–water partition coefficient (Wildman–Crippen LogP) is 1.13. The van der Waals surface area contributed by atoms with Crippen LogP contribution in [0, 0.1) is 0 Å². The molecule has 0 radical (unpaired) electrons. The van der Waals surface area contributed by atoms with Crippen molar-refractivity contribution in [3.8, 4) is 0 Å². The third kappa shape index (κ3) is 3.02. The minimum atomic E-state index is 0.271. The summed E-state index contributed by atoms with van der Waals surface area (Å²) in [7, 11) is 0. The van der Waals surface area contributed by atoms with Crippen LogP contribution in [0.5, 0.6) is 0 Å². The lowest BCUT2D eigenvalue weighted by Gasteiger charge is -2.41. The first-order chi connectivity index (χ1) is 11.3. The summed E-state index contributed by atoms with van der Waals surface area (Å²) in [5, 5.41) is 8.30. The van der Waals surface area contributed by atoms with Crippen LogP contribution in [0.15, 0.2) is 30.5 Å². The highest BCUT2D eigenvalue weighted by Gasteiger charge is 2.36. The lowest BCUT2D eigenvalue weighted by atomic mass is 9.99. The van der Waals surface area contributed by atoms with Crippen LogP contribution in [0.2, 0.25) is 0 Å². The minimum Gasteiger partial charge on any atom is -0.370 e. The van der Waals surface area contributed by atoms with E-state index in [4.69, 9.17) is 10.5 Å². The summed E-state index contributed by atoms with van der Waals surface area (Å²) in [5.74, 6) is 0. The van der Waals surface area contributed by atoms with Gasteiger partial charge >= 0.3 is 0 Å². The van der Waals surface area contributed by atoms with E-state index in [0.717, 1.165) is 38.2 Å². The number of piperidine rings is 1. The molecule has 1 saturated heterocycles. The molecule has 2 aliphatic rings. The van der Waals surface area contributed by atoms with Crippen LogP contribution < -0.4 is 5.73 Å². The molecule has 0 bridgehead atoms. The Morgan fingerprint density at radius 2 is 2.04 bits per heavy atom. The molecule has 2 aromatic rings. The number of hydrogen-bond donors (Lipinski definition) is 1. The molecule has 6 nitrogen and oxygen atoms in total. The Bertz CT molecular complexity index is 653. The zero-order valence-corrected chi connectivity index (χ0v) is 13.3. The van der Waals surface area contributed by atoms with Gasteiger partial charge in [-0.1, -0.05) is 29.5 Å². The normalized spacial score (nSPS) is 24.2. The molecule has 1 fully saturated rings. The Labute approximate surface area is 136 Å². The molecule has 2 atom stereocenters. The lowest BCUT2D eigenvalue weighted by Crippen LogP contribution is -2.47. The van der Waals surface area contributed by atoms with Crippen molar-refractivity contribution in [2.75, 3.05) is 19.6 Å². The van der Waals surface area contributed by atoms with Gasteiger partial charge in [-0.25, -0.2) is 4.68 Å². The second-order valence-electron chi connectivity index (χ2n) is 6.47. The highest BCUT2D eigenvalue weighted by Crippen LogP contribution is 2.30. The van der Waals surface area contributed by atoms with Gasteiger partial charge in [-0.15, -0.1) is 5.10 Å². The largest absolute Gasteiger partial charge is 0.370 e. The first-order valence-electron chi connectivity index (χ1n) is 8.34. The molecule has 4 rings (SSSR count). The first-order valence-corrected chi connectivity index (χ1v) is 8.34. The Morgan fingerprint density at radius 3 is 2.87 bits per heavy atom. The van der Waals surface area contributed by atoms with Gasteiger partial charge in [0.1, 0.15) is 0 Å². The van der Waals surface area contributed by atoms with E-state index in [1.54, 1.807) is 0 Å². The van der Waals surface area contributed by atoms with Crippen molar-refractivity contribution in [2.24, 2.45) is 5.73 Å². The molecule has 122 valence electrons. The van der Waals surface area contributed by atoms with Crippen molar-refractivity contribution in [2.45, 2.75) is 38.1 Å². The van der Waals surface area contributed by atoms with E-state index in [1.807, 2.05) is 6.20 Å². The fourth-order valence-corrected chi connectivity index (χ4v) is 3.62. The molecule has 0 spiro atoms. The molecular weight excluding hydrogens is 290 g/mol. The summed E-state index contributed by atoms with van der Waals surface area (Å²) < 4.78 is 8.03. The lowest BCUT2D eigenvalue weighted by molar-refractivity contribution is -0.0669. The Morgan fingerprint density at radius 1 is 1.22 bits per heavy atom. The summed E-state index contributed by atoms with van der Waals surface area (Å²) in [6.45, 7) is 4.34. The summed E-state index contributed by atoms with van der Waals surface area (Å²) in [5.41, 5.74) is 9.34. The van der Waals surface area contributed by atoms with Crippen molar-refractivity contribution in [1.82, 2.24) is 19.9 Å². The standard InChI is InChI=1S/C17H23N5O/c18-7-5-13-1-3-14(4-2-13)10-21-8-6-17-16(11-21)22-15(12-23-17)9-19-20-22/h1-4,9,16-17H,5-8,10-12,18H2/t16-,17+/m1/s1. The fraction of sp³-hybridized carbons (Fsp3) is 0.529. The second kappa shape index (κ2) is 6.39. The smallest absolute Gasteiger partial charge is 0.0930 e. The Hall–Kier alpha value is -1.76. The first kappa shape index (κ1) is 14.8. The fourth-order valence-electron chi connectivity index (χ4n) is 3.62. The third-order valence-electron chi connectivity index (χ3n) is 4.87. The molecule has 0 unspecified atom stereocenters. The summed E-state index contributed by atoms with van der Waals surface area (Å²) >= 11 is 0. The average Bonchev–Trinajstić information content (AvgIpc) is 3.06. The van der Waals surface area contributed by atoms with E-state index < -0.39 is 0 Å². The van der Waals surface area contributed by atoms with E-state index in [-0.39, 0.29) is 12.1 Å². The van der Waals surface area contributed by atoms with Crippen LogP contribution in [-0.4, -0.2) is 45.6 Å². The number of nitrogens with two attached hydrogens (primary N) is 1. The van der Waals surface area contributed by atoms with Gasteiger partial charge in [0.2, 0.25) is 0 Å². The van der Waals surface area contributed by atoms with Gasteiger partial charge in [-0.2, -0.15) is 0 Å². The molecule has 0 amide bonds. The van der Waals surface area contributed by atoms with Crippen molar-refractivity contribution in [3.05, 3.63) is 47.3 Å².